The van der Waals surface area contributed by atoms with Gasteiger partial charge in [0.2, 0.25) is 17.7 Å². The van der Waals surface area contributed by atoms with Crippen molar-refractivity contribution in [2.45, 2.75) is 104 Å². The van der Waals surface area contributed by atoms with Crippen molar-refractivity contribution >= 4 is 29.6 Å². The van der Waals surface area contributed by atoms with Crippen LogP contribution < -0.4 is 16.0 Å². The Balaban J connectivity index is 1.81. The van der Waals surface area contributed by atoms with Crippen LogP contribution in [0.25, 0.3) is 0 Å². The van der Waals surface area contributed by atoms with Crippen LogP contribution in [0.15, 0.2) is 18.6 Å². The summed E-state index contributed by atoms with van der Waals surface area (Å²) in [6.45, 7) is 12.4. The van der Waals surface area contributed by atoms with Crippen molar-refractivity contribution < 1.29 is 28.7 Å². The molecule has 2 fully saturated rings. The summed E-state index contributed by atoms with van der Waals surface area (Å²) in [5.74, 6) is -3.03. The van der Waals surface area contributed by atoms with E-state index in [1.54, 1.807) is 20.8 Å². The number of esters is 1. The quantitative estimate of drug-likeness (QED) is 0.390. The van der Waals surface area contributed by atoms with Gasteiger partial charge in [-0.15, -0.1) is 0 Å². The van der Waals surface area contributed by atoms with E-state index in [0.29, 0.717) is 0 Å². The molecule has 2 aliphatic rings. The highest BCUT2D eigenvalue weighted by molar-refractivity contribution is 5.97. The molecule has 1 aliphatic carbocycles. The zero-order valence-corrected chi connectivity index (χ0v) is 25.9. The lowest BCUT2D eigenvalue weighted by Crippen LogP contribution is -2.61. The fourth-order valence-corrected chi connectivity index (χ4v) is 5.49. The lowest BCUT2D eigenvalue weighted by atomic mass is 9.82. The van der Waals surface area contributed by atoms with Crippen LogP contribution in [0.1, 0.15) is 91.1 Å². The van der Waals surface area contributed by atoms with Gasteiger partial charge in [0.15, 0.2) is 0 Å². The summed E-state index contributed by atoms with van der Waals surface area (Å²) >= 11 is 0. The third kappa shape index (κ3) is 8.96. The van der Waals surface area contributed by atoms with Gasteiger partial charge < -0.3 is 25.6 Å². The summed E-state index contributed by atoms with van der Waals surface area (Å²) in [6.07, 6.45) is 8.69. The van der Waals surface area contributed by atoms with E-state index in [1.807, 2.05) is 20.8 Å². The van der Waals surface area contributed by atoms with E-state index in [-0.39, 0.29) is 30.6 Å². The summed E-state index contributed by atoms with van der Waals surface area (Å²) in [4.78, 5) is 75.2. The zero-order chi connectivity index (χ0) is 31.2. The molecule has 1 unspecified atom stereocenters. The van der Waals surface area contributed by atoms with E-state index in [0.717, 1.165) is 32.1 Å². The molecule has 1 saturated carbocycles. The molecule has 3 N–H and O–H groups in total. The molecule has 0 spiro atoms. The summed E-state index contributed by atoms with van der Waals surface area (Å²) in [5, 5.41) is 8.67. The van der Waals surface area contributed by atoms with Crippen molar-refractivity contribution in [2.24, 2.45) is 17.3 Å². The molecule has 232 valence electrons. The maximum Gasteiger partial charge on any atom is 0.313 e. The fourth-order valence-electron chi connectivity index (χ4n) is 5.49. The van der Waals surface area contributed by atoms with Gasteiger partial charge in [0.1, 0.15) is 23.4 Å². The largest absolute Gasteiger partial charge is 0.460 e. The molecule has 12 heteroatoms. The van der Waals surface area contributed by atoms with Gasteiger partial charge in [0, 0.05) is 32.4 Å². The number of aromatic nitrogens is 2. The standard InChI is InChI=1S/C30H46N6O6/c1-18(37)36-16-20(28(41)42-30(5,6)7)22(17-36)33-27(40)24(29(2,3)4)35-26(39)23(19-11-9-8-10-12-19)34-25(38)21-15-31-13-14-32-21/h13-15,19-20,22-24H,8-12,16-17H2,1-7H3,(H,33,40)(H,34,38)(H,35,39)/t20-,22+,23+,24?/m1/s1. The molecular formula is C30H46N6O6. The molecule has 1 aliphatic heterocycles. The van der Waals surface area contributed by atoms with Gasteiger partial charge >= 0.3 is 5.97 Å². The van der Waals surface area contributed by atoms with Crippen molar-refractivity contribution in [3.05, 3.63) is 24.3 Å². The molecule has 1 aromatic heterocycles. The number of nitrogens with zero attached hydrogens (tertiary/aromatic N) is 3. The fraction of sp³-hybridized carbons (Fsp3) is 0.700. The molecule has 0 radical (unpaired) electrons. The average molecular weight is 587 g/mol. The number of hydrogen-bond acceptors (Lipinski definition) is 8. The molecule has 1 aromatic rings. The summed E-state index contributed by atoms with van der Waals surface area (Å²) in [7, 11) is 0. The van der Waals surface area contributed by atoms with Crippen LogP contribution >= 0.6 is 0 Å². The van der Waals surface area contributed by atoms with Crippen LogP contribution in [0.5, 0.6) is 0 Å². The zero-order valence-electron chi connectivity index (χ0n) is 25.9. The van der Waals surface area contributed by atoms with Gasteiger partial charge in [-0.25, -0.2) is 4.98 Å². The molecule has 12 nitrogen and oxygen atoms in total. The Bertz CT molecular complexity index is 1140. The van der Waals surface area contributed by atoms with E-state index < -0.39 is 58.8 Å². The van der Waals surface area contributed by atoms with Crippen LogP contribution in [0, 0.1) is 17.3 Å². The Morgan fingerprint density at radius 3 is 2.14 bits per heavy atom. The first kappa shape index (κ1) is 32.9. The third-order valence-electron chi connectivity index (χ3n) is 7.70. The second kappa shape index (κ2) is 13.6. The molecule has 0 bridgehead atoms. The second-order valence-corrected chi connectivity index (χ2v) is 13.4. The number of carbonyl (C=O) groups excluding carboxylic acids is 5. The molecule has 2 heterocycles. The molecule has 0 aromatic carbocycles. The van der Waals surface area contributed by atoms with E-state index in [1.165, 1.54) is 30.4 Å². The first-order chi connectivity index (χ1) is 19.6. The van der Waals surface area contributed by atoms with Crippen LogP contribution in [-0.4, -0.2) is 81.3 Å². The maximum absolute atomic E-state index is 13.8. The highest BCUT2D eigenvalue weighted by Gasteiger charge is 2.44. The van der Waals surface area contributed by atoms with E-state index >= 15 is 0 Å². The molecule has 4 amide bonds. The van der Waals surface area contributed by atoms with Gasteiger partial charge in [-0.05, 0) is 44.9 Å². The lowest BCUT2D eigenvalue weighted by Gasteiger charge is -2.35. The maximum atomic E-state index is 13.8. The minimum absolute atomic E-state index is 0.0978. The van der Waals surface area contributed by atoms with Crippen LogP contribution in [0.2, 0.25) is 0 Å². The number of carbonyl (C=O) groups is 5. The van der Waals surface area contributed by atoms with Crippen molar-refractivity contribution in [3.63, 3.8) is 0 Å². The van der Waals surface area contributed by atoms with Crippen LogP contribution in [0.3, 0.4) is 0 Å². The molecular weight excluding hydrogens is 540 g/mol. The number of hydrogen-bond donors (Lipinski definition) is 3. The number of rotatable bonds is 8. The van der Waals surface area contributed by atoms with Crippen LogP contribution in [0.4, 0.5) is 0 Å². The van der Waals surface area contributed by atoms with Crippen molar-refractivity contribution in [1.29, 1.82) is 0 Å². The first-order valence-electron chi connectivity index (χ1n) is 14.7. The van der Waals surface area contributed by atoms with E-state index in [9.17, 15) is 24.0 Å². The van der Waals surface area contributed by atoms with Gasteiger partial charge in [0.05, 0.1) is 18.2 Å². The first-order valence-corrected chi connectivity index (χ1v) is 14.7. The third-order valence-corrected chi connectivity index (χ3v) is 7.70. The summed E-state index contributed by atoms with van der Waals surface area (Å²) < 4.78 is 5.58. The number of amides is 4. The second-order valence-electron chi connectivity index (χ2n) is 13.4. The Labute approximate surface area is 248 Å². The average Bonchev–Trinajstić information content (AvgIpc) is 3.33. The van der Waals surface area contributed by atoms with E-state index in [2.05, 4.69) is 25.9 Å². The lowest BCUT2D eigenvalue weighted by molar-refractivity contribution is -0.160. The highest BCUT2D eigenvalue weighted by Crippen LogP contribution is 2.28. The minimum atomic E-state index is -0.991. The Hall–Kier alpha value is -3.57. The van der Waals surface area contributed by atoms with E-state index in [4.69, 9.17) is 4.74 Å². The topological polar surface area (TPSA) is 160 Å². The SMILES string of the molecule is CC(=O)N1C[C@H](NC(=O)C(NC(=O)[C@@H](NC(=O)c2cnccn2)C2CCCCC2)C(C)(C)C)[C@H](C(=O)OC(C)(C)C)C1. The molecule has 42 heavy (non-hydrogen) atoms. The van der Waals surface area contributed by atoms with Gasteiger partial charge in [-0.3, -0.25) is 29.0 Å². The Kier molecular flexibility index (Phi) is 10.7. The summed E-state index contributed by atoms with van der Waals surface area (Å²) in [5.41, 5.74) is -1.35. The smallest absolute Gasteiger partial charge is 0.313 e. The Morgan fingerprint density at radius 1 is 0.929 bits per heavy atom. The molecule has 1 saturated heterocycles. The number of nitrogens with one attached hydrogen (secondary N) is 3. The molecule has 4 atom stereocenters. The number of likely N-dealkylation sites (tertiary alicyclic amines) is 1. The van der Waals surface area contributed by atoms with Gasteiger partial charge in [0.25, 0.3) is 5.91 Å². The van der Waals surface area contributed by atoms with Gasteiger partial charge in [-0.1, -0.05) is 40.0 Å². The number of ether oxygens (including phenoxy) is 1. The normalized spacial score (nSPS) is 21.2. The van der Waals surface area contributed by atoms with Gasteiger partial charge in [-0.2, -0.15) is 0 Å². The predicted octanol–water partition coefficient (Wildman–Crippen LogP) is 1.99. The van der Waals surface area contributed by atoms with Crippen molar-refractivity contribution in [2.75, 3.05) is 13.1 Å². The highest BCUT2D eigenvalue weighted by atomic mass is 16.6. The van der Waals surface area contributed by atoms with Crippen LogP contribution in [-0.2, 0) is 23.9 Å². The molecule has 3 rings (SSSR count). The Morgan fingerprint density at radius 2 is 1.60 bits per heavy atom. The minimum Gasteiger partial charge on any atom is -0.460 e. The summed E-state index contributed by atoms with van der Waals surface area (Å²) in [6, 6.07) is -2.55. The van der Waals surface area contributed by atoms with Crippen molar-refractivity contribution in [1.82, 2.24) is 30.8 Å². The predicted molar refractivity (Wildman–Crippen MR) is 155 cm³/mol. The van der Waals surface area contributed by atoms with Crippen molar-refractivity contribution in [3.8, 4) is 0 Å². The monoisotopic (exact) mass is 586 g/mol.